The number of oxime groups is 1. The normalized spacial score (nSPS) is 11.2. The topological polar surface area (TPSA) is 50.7 Å². The van der Waals surface area contributed by atoms with Crippen LogP contribution < -0.4 is 5.32 Å². The van der Waals surface area contributed by atoms with Crippen LogP contribution in [0.4, 0.5) is 19.3 Å². The van der Waals surface area contributed by atoms with Crippen molar-refractivity contribution < 1.29 is 18.4 Å². The minimum absolute atomic E-state index is 0.0970. The Morgan fingerprint density at radius 1 is 1.53 bits per heavy atom. The number of benzene rings is 1. The summed E-state index contributed by atoms with van der Waals surface area (Å²) in [6.45, 7) is 1.72. The maximum atomic E-state index is 13.1. The average molecular weight is 263 g/mol. The maximum absolute atomic E-state index is 13.1. The lowest BCUT2D eigenvalue weighted by Gasteiger charge is -2.03. The molecule has 17 heavy (non-hydrogen) atoms. The zero-order valence-electron chi connectivity index (χ0n) is 8.84. The number of anilines is 1. The van der Waals surface area contributed by atoms with Gasteiger partial charge in [0.15, 0.2) is 0 Å². The van der Waals surface area contributed by atoms with Crippen LogP contribution in [0.1, 0.15) is 13.3 Å². The largest absolute Gasteiger partial charge is 0.437 e. The highest BCUT2D eigenvalue weighted by Gasteiger charge is 2.08. The molecule has 0 unspecified atom stereocenters. The molecule has 1 aromatic rings. The lowest BCUT2D eigenvalue weighted by molar-refractivity contribution is 0.166. The van der Waals surface area contributed by atoms with Crippen LogP contribution in [0, 0.1) is 11.6 Å². The van der Waals surface area contributed by atoms with Crippen molar-refractivity contribution in [3.8, 4) is 0 Å². The van der Waals surface area contributed by atoms with E-state index in [1.54, 1.807) is 6.92 Å². The van der Waals surface area contributed by atoms with E-state index in [-0.39, 0.29) is 10.9 Å². The third kappa shape index (κ3) is 4.36. The number of carbonyl (C=O) groups excluding carboxylic acids is 1. The second-order valence-electron chi connectivity index (χ2n) is 2.95. The fourth-order valence-electron chi connectivity index (χ4n) is 0.879. The van der Waals surface area contributed by atoms with E-state index < -0.39 is 17.7 Å². The van der Waals surface area contributed by atoms with Gasteiger partial charge in [-0.25, -0.2) is 13.6 Å². The zero-order valence-corrected chi connectivity index (χ0v) is 9.59. The van der Waals surface area contributed by atoms with Crippen LogP contribution >= 0.6 is 11.6 Å². The number of hydrogen-bond acceptors (Lipinski definition) is 3. The maximum Gasteiger partial charge on any atom is 0.437 e. The smallest absolute Gasteiger partial charge is 0.297 e. The number of amides is 1. The van der Waals surface area contributed by atoms with Crippen molar-refractivity contribution in [1.82, 2.24) is 0 Å². The first kappa shape index (κ1) is 13.4. The molecular weight excluding hydrogens is 254 g/mol. The number of halogens is 3. The van der Waals surface area contributed by atoms with Crippen LogP contribution in [0.15, 0.2) is 23.4 Å². The minimum atomic E-state index is -1.01. The van der Waals surface area contributed by atoms with Crippen molar-refractivity contribution in [2.75, 3.05) is 5.32 Å². The molecule has 0 fully saturated rings. The zero-order chi connectivity index (χ0) is 12.8. The van der Waals surface area contributed by atoms with Gasteiger partial charge in [0.05, 0.1) is 5.69 Å². The molecule has 1 amide bonds. The minimum Gasteiger partial charge on any atom is -0.297 e. The fraction of sp³-hybridized carbons (Fsp3) is 0.200. The molecule has 7 heteroatoms. The molecule has 1 rings (SSSR count). The van der Waals surface area contributed by atoms with E-state index in [1.807, 2.05) is 5.32 Å². The van der Waals surface area contributed by atoms with Gasteiger partial charge in [-0.1, -0.05) is 23.7 Å². The number of nitrogens with one attached hydrogen (secondary N) is 1. The second-order valence-corrected chi connectivity index (χ2v) is 3.39. The van der Waals surface area contributed by atoms with Crippen molar-refractivity contribution in [1.29, 1.82) is 0 Å². The van der Waals surface area contributed by atoms with Crippen LogP contribution in [-0.4, -0.2) is 11.3 Å². The fourth-order valence-corrected chi connectivity index (χ4v) is 0.914. The van der Waals surface area contributed by atoms with Crippen molar-refractivity contribution in [2.24, 2.45) is 5.16 Å². The van der Waals surface area contributed by atoms with Gasteiger partial charge in [0.25, 0.3) is 0 Å². The summed E-state index contributed by atoms with van der Waals surface area (Å²) in [5.74, 6) is -1.65. The molecule has 0 aromatic heterocycles. The predicted octanol–water partition coefficient (Wildman–Crippen LogP) is 3.48. The van der Waals surface area contributed by atoms with Gasteiger partial charge in [-0.3, -0.25) is 10.2 Å². The van der Waals surface area contributed by atoms with E-state index in [1.165, 1.54) is 0 Å². The Bertz CT molecular complexity index is 452. The van der Waals surface area contributed by atoms with Gasteiger partial charge in [-0.15, -0.1) is 0 Å². The molecule has 0 atom stereocenters. The summed E-state index contributed by atoms with van der Waals surface area (Å²) in [6.07, 6.45) is -0.609. The number of hydrogen-bond donors (Lipinski definition) is 1. The summed E-state index contributed by atoms with van der Waals surface area (Å²) in [6, 6.07) is 2.70. The van der Waals surface area contributed by atoms with Gasteiger partial charge in [-0.05, 0) is 12.1 Å². The van der Waals surface area contributed by atoms with Crippen molar-refractivity contribution in [2.45, 2.75) is 13.3 Å². The van der Waals surface area contributed by atoms with E-state index >= 15 is 0 Å². The van der Waals surface area contributed by atoms with E-state index in [4.69, 9.17) is 11.6 Å². The van der Waals surface area contributed by atoms with Gasteiger partial charge >= 0.3 is 6.09 Å². The third-order valence-electron chi connectivity index (χ3n) is 1.69. The second kappa shape index (κ2) is 6.15. The standard InChI is InChI=1S/C10H9ClF2N2O2/c1-2-9(11)15-17-10(16)14-8-4-3-6(12)5-7(8)13/h3-5H,2H2,1H3,(H,14,16)/b15-9-. The Labute approximate surface area is 101 Å². The highest BCUT2D eigenvalue weighted by molar-refractivity contribution is 6.65. The van der Waals surface area contributed by atoms with Crippen molar-refractivity contribution in [3.05, 3.63) is 29.8 Å². The molecule has 0 spiro atoms. The molecule has 1 N–H and O–H groups in total. The molecule has 0 saturated heterocycles. The summed E-state index contributed by atoms with van der Waals surface area (Å²) in [5.41, 5.74) is -0.209. The predicted molar refractivity (Wildman–Crippen MR) is 60.0 cm³/mol. The van der Waals surface area contributed by atoms with Crippen LogP contribution in [0.2, 0.25) is 0 Å². The van der Waals surface area contributed by atoms with E-state index in [9.17, 15) is 13.6 Å². The summed E-state index contributed by atoms with van der Waals surface area (Å²) in [7, 11) is 0. The highest BCUT2D eigenvalue weighted by Crippen LogP contribution is 2.15. The summed E-state index contributed by atoms with van der Waals surface area (Å²) in [5, 5.41) is 5.40. The Morgan fingerprint density at radius 2 is 2.24 bits per heavy atom. The summed E-state index contributed by atoms with van der Waals surface area (Å²) < 4.78 is 25.7. The quantitative estimate of drug-likeness (QED) is 0.515. The Balaban J connectivity index is 2.62. The lowest BCUT2D eigenvalue weighted by atomic mass is 10.3. The monoisotopic (exact) mass is 262 g/mol. The highest BCUT2D eigenvalue weighted by atomic mass is 35.5. The van der Waals surface area contributed by atoms with Crippen LogP contribution in [0.25, 0.3) is 0 Å². The first-order chi connectivity index (χ1) is 8.02. The number of nitrogens with zero attached hydrogens (tertiary/aromatic N) is 1. The molecule has 92 valence electrons. The molecule has 0 aliphatic carbocycles. The van der Waals surface area contributed by atoms with Crippen molar-refractivity contribution in [3.63, 3.8) is 0 Å². The SMILES string of the molecule is CC/C(Cl)=N/OC(=O)Nc1ccc(F)cc1F. The molecule has 0 aliphatic heterocycles. The first-order valence-electron chi connectivity index (χ1n) is 4.68. The van der Waals surface area contributed by atoms with Crippen LogP contribution in [-0.2, 0) is 4.84 Å². The Hall–Kier alpha value is -1.69. The molecule has 0 bridgehead atoms. The van der Waals surface area contributed by atoms with E-state index in [0.717, 1.165) is 12.1 Å². The van der Waals surface area contributed by atoms with Crippen LogP contribution in [0.3, 0.4) is 0 Å². The molecule has 0 saturated carbocycles. The molecule has 1 aromatic carbocycles. The number of rotatable bonds is 3. The number of carbonyl (C=O) groups is 1. The Kier molecular flexibility index (Phi) is 4.84. The molecular formula is C10H9ClF2N2O2. The van der Waals surface area contributed by atoms with Gasteiger partial charge in [0.2, 0.25) is 0 Å². The van der Waals surface area contributed by atoms with Gasteiger partial charge in [0, 0.05) is 12.5 Å². The van der Waals surface area contributed by atoms with Crippen molar-refractivity contribution >= 4 is 28.6 Å². The molecule has 0 radical (unpaired) electrons. The average Bonchev–Trinajstić information content (AvgIpc) is 2.29. The molecule has 4 nitrogen and oxygen atoms in total. The first-order valence-corrected chi connectivity index (χ1v) is 5.06. The van der Waals surface area contributed by atoms with E-state index in [0.29, 0.717) is 12.5 Å². The summed E-state index contributed by atoms with van der Waals surface area (Å²) >= 11 is 5.49. The van der Waals surface area contributed by atoms with Gasteiger partial charge in [0.1, 0.15) is 16.8 Å². The van der Waals surface area contributed by atoms with E-state index in [2.05, 4.69) is 9.99 Å². The summed E-state index contributed by atoms with van der Waals surface area (Å²) in [4.78, 5) is 15.4. The third-order valence-corrected chi connectivity index (χ3v) is 2.02. The Morgan fingerprint density at radius 3 is 2.82 bits per heavy atom. The lowest BCUT2D eigenvalue weighted by Crippen LogP contribution is -2.12. The molecule has 0 heterocycles. The van der Waals surface area contributed by atoms with Gasteiger partial charge < -0.3 is 0 Å². The molecule has 0 aliphatic rings. The van der Waals surface area contributed by atoms with Gasteiger partial charge in [-0.2, -0.15) is 0 Å². The van der Waals surface area contributed by atoms with Crippen LogP contribution in [0.5, 0.6) is 0 Å².